The lowest BCUT2D eigenvalue weighted by Crippen LogP contribution is -2.26. The molecule has 1 atom stereocenters. The molecule has 1 heterocycles. The van der Waals surface area contributed by atoms with Crippen LogP contribution in [0.25, 0.3) is 0 Å². The smallest absolute Gasteiger partial charge is 0.241 e. The standard InChI is InChI=1S/C14H14N2O3S/c1-10-8-13(6-5-12(10)9-15)20(17,18)16-11(2)14-4-3-7-19-14/h3-8,11,16H,1-2H3. The second kappa shape index (κ2) is 5.49. The second-order valence-electron chi connectivity index (χ2n) is 4.45. The van der Waals surface area contributed by atoms with Gasteiger partial charge in [0.2, 0.25) is 10.0 Å². The molecule has 0 aliphatic rings. The van der Waals surface area contributed by atoms with Crippen molar-refractivity contribution < 1.29 is 12.8 Å². The largest absolute Gasteiger partial charge is 0.468 e. The third kappa shape index (κ3) is 2.90. The lowest BCUT2D eigenvalue weighted by Gasteiger charge is -2.12. The first-order valence-corrected chi connectivity index (χ1v) is 7.49. The van der Waals surface area contributed by atoms with E-state index in [9.17, 15) is 8.42 Å². The Morgan fingerprint density at radius 3 is 2.65 bits per heavy atom. The fourth-order valence-electron chi connectivity index (χ4n) is 1.83. The number of benzene rings is 1. The summed E-state index contributed by atoms with van der Waals surface area (Å²) in [7, 11) is -3.65. The van der Waals surface area contributed by atoms with Gasteiger partial charge in [-0.1, -0.05) is 0 Å². The Hall–Kier alpha value is -2.10. The highest BCUT2D eigenvalue weighted by Gasteiger charge is 2.20. The SMILES string of the molecule is Cc1cc(S(=O)(=O)NC(C)c2ccco2)ccc1C#N. The van der Waals surface area contributed by atoms with E-state index in [1.807, 2.05) is 6.07 Å². The van der Waals surface area contributed by atoms with Gasteiger partial charge in [0.25, 0.3) is 0 Å². The van der Waals surface area contributed by atoms with Crippen LogP contribution < -0.4 is 4.72 Å². The highest BCUT2D eigenvalue weighted by molar-refractivity contribution is 7.89. The van der Waals surface area contributed by atoms with Crippen LogP contribution in [0.4, 0.5) is 0 Å². The van der Waals surface area contributed by atoms with E-state index in [2.05, 4.69) is 4.72 Å². The van der Waals surface area contributed by atoms with Gasteiger partial charge in [0.15, 0.2) is 0 Å². The molecular weight excluding hydrogens is 276 g/mol. The average molecular weight is 290 g/mol. The van der Waals surface area contributed by atoms with Crippen molar-refractivity contribution in [2.75, 3.05) is 0 Å². The van der Waals surface area contributed by atoms with Gasteiger partial charge in [-0.15, -0.1) is 0 Å². The van der Waals surface area contributed by atoms with E-state index in [1.54, 1.807) is 26.0 Å². The highest BCUT2D eigenvalue weighted by Crippen LogP contribution is 2.19. The summed E-state index contributed by atoms with van der Waals surface area (Å²) in [6.07, 6.45) is 1.49. The van der Waals surface area contributed by atoms with Crippen LogP contribution in [0.15, 0.2) is 45.9 Å². The Labute approximate surface area is 117 Å². The van der Waals surface area contributed by atoms with E-state index in [-0.39, 0.29) is 4.90 Å². The molecule has 0 spiro atoms. The summed E-state index contributed by atoms with van der Waals surface area (Å²) in [6.45, 7) is 3.40. The van der Waals surface area contributed by atoms with Crippen LogP contribution in [0.2, 0.25) is 0 Å². The zero-order valence-electron chi connectivity index (χ0n) is 11.1. The molecule has 0 aliphatic carbocycles. The van der Waals surface area contributed by atoms with Gasteiger partial charge in [-0.05, 0) is 49.7 Å². The summed E-state index contributed by atoms with van der Waals surface area (Å²) in [6, 6.07) is 9.35. The minimum Gasteiger partial charge on any atom is -0.468 e. The maximum absolute atomic E-state index is 12.3. The van der Waals surface area contributed by atoms with Crippen LogP contribution in [-0.4, -0.2) is 8.42 Å². The molecule has 1 aromatic heterocycles. The minimum atomic E-state index is -3.65. The first-order chi connectivity index (χ1) is 9.44. The second-order valence-corrected chi connectivity index (χ2v) is 6.16. The van der Waals surface area contributed by atoms with E-state index >= 15 is 0 Å². The topological polar surface area (TPSA) is 83.1 Å². The fraction of sp³-hybridized carbons (Fsp3) is 0.214. The Morgan fingerprint density at radius 1 is 1.35 bits per heavy atom. The fourth-order valence-corrected chi connectivity index (χ4v) is 3.12. The number of nitriles is 1. The van der Waals surface area contributed by atoms with Gasteiger partial charge in [-0.25, -0.2) is 13.1 Å². The third-order valence-electron chi connectivity index (χ3n) is 2.93. The van der Waals surface area contributed by atoms with E-state index in [4.69, 9.17) is 9.68 Å². The van der Waals surface area contributed by atoms with Crippen molar-refractivity contribution in [2.45, 2.75) is 24.8 Å². The van der Waals surface area contributed by atoms with E-state index in [0.717, 1.165) is 0 Å². The Morgan fingerprint density at radius 2 is 2.10 bits per heavy atom. The molecule has 1 unspecified atom stereocenters. The molecule has 104 valence electrons. The summed E-state index contributed by atoms with van der Waals surface area (Å²) in [5.41, 5.74) is 1.09. The number of hydrogen-bond donors (Lipinski definition) is 1. The maximum Gasteiger partial charge on any atom is 0.241 e. The van der Waals surface area contributed by atoms with Gasteiger partial charge >= 0.3 is 0 Å². The van der Waals surface area contributed by atoms with Crippen molar-refractivity contribution in [1.29, 1.82) is 5.26 Å². The number of nitrogens with zero attached hydrogens (tertiary/aromatic N) is 1. The average Bonchev–Trinajstić information content (AvgIpc) is 2.92. The van der Waals surface area contributed by atoms with E-state index in [0.29, 0.717) is 16.9 Å². The van der Waals surface area contributed by atoms with Gasteiger partial charge in [0, 0.05) is 0 Å². The monoisotopic (exact) mass is 290 g/mol. The lowest BCUT2D eigenvalue weighted by molar-refractivity contribution is 0.459. The number of nitrogens with one attached hydrogen (secondary N) is 1. The first-order valence-electron chi connectivity index (χ1n) is 6.00. The Balaban J connectivity index is 2.27. The number of rotatable bonds is 4. The molecule has 0 saturated heterocycles. The molecule has 20 heavy (non-hydrogen) atoms. The Bertz CT molecular complexity index is 743. The highest BCUT2D eigenvalue weighted by atomic mass is 32.2. The first kappa shape index (κ1) is 14.3. The summed E-state index contributed by atoms with van der Waals surface area (Å²) < 4.78 is 32.2. The molecule has 0 saturated carbocycles. The number of furan rings is 1. The zero-order chi connectivity index (χ0) is 14.8. The zero-order valence-corrected chi connectivity index (χ0v) is 11.9. The van der Waals surface area contributed by atoms with Crippen molar-refractivity contribution in [1.82, 2.24) is 4.72 Å². The summed E-state index contributed by atoms with van der Waals surface area (Å²) >= 11 is 0. The summed E-state index contributed by atoms with van der Waals surface area (Å²) in [4.78, 5) is 0.132. The van der Waals surface area contributed by atoms with Gasteiger partial charge in [0.1, 0.15) is 5.76 Å². The predicted octanol–water partition coefficient (Wildman–Crippen LogP) is 2.50. The lowest BCUT2D eigenvalue weighted by atomic mass is 10.1. The summed E-state index contributed by atoms with van der Waals surface area (Å²) in [5, 5.41) is 8.86. The molecule has 2 rings (SSSR count). The molecule has 1 N–H and O–H groups in total. The predicted molar refractivity (Wildman–Crippen MR) is 73.3 cm³/mol. The number of aryl methyl sites for hydroxylation is 1. The molecular formula is C14H14N2O3S. The quantitative estimate of drug-likeness (QED) is 0.937. The molecule has 0 radical (unpaired) electrons. The summed E-state index contributed by atoms with van der Waals surface area (Å²) in [5.74, 6) is 0.541. The van der Waals surface area contributed by atoms with Crippen molar-refractivity contribution in [3.63, 3.8) is 0 Å². The molecule has 5 nitrogen and oxygen atoms in total. The molecule has 2 aromatic rings. The molecule has 6 heteroatoms. The van der Waals surface area contributed by atoms with Crippen LogP contribution in [-0.2, 0) is 10.0 Å². The van der Waals surface area contributed by atoms with Crippen molar-refractivity contribution in [3.8, 4) is 6.07 Å². The van der Waals surface area contributed by atoms with E-state index < -0.39 is 16.1 Å². The molecule has 0 aliphatic heterocycles. The molecule has 0 fully saturated rings. The van der Waals surface area contributed by atoms with Crippen LogP contribution >= 0.6 is 0 Å². The van der Waals surface area contributed by atoms with Crippen molar-refractivity contribution in [3.05, 3.63) is 53.5 Å². The third-order valence-corrected chi connectivity index (χ3v) is 4.47. The molecule has 0 amide bonds. The molecule has 0 bridgehead atoms. The van der Waals surface area contributed by atoms with Crippen LogP contribution in [0.5, 0.6) is 0 Å². The van der Waals surface area contributed by atoms with Crippen molar-refractivity contribution >= 4 is 10.0 Å². The molecule has 1 aromatic carbocycles. The van der Waals surface area contributed by atoms with Crippen LogP contribution in [0.3, 0.4) is 0 Å². The van der Waals surface area contributed by atoms with Crippen molar-refractivity contribution in [2.24, 2.45) is 0 Å². The Kier molecular flexibility index (Phi) is 3.93. The number of sulfonamides is 1. The van der Waals surface area contributed by atoms with E-state index in [1.165, 1.54) is 24.5 Å². The minimum absolute atomic E-state index is 0.132. The van der Waals surface area contributed by atoms with Gasteiger partial charge in [-0.3, -0.25) is 0 Å². The van der Waals surface area contributed by atoms with Crippen LogP contribution in [0.1, 0.15) is 29.9 Å². The normalized spacial score (nSPS) is 12.8. The van der Waals surface area contributed by atoms with Gasteiger partial charge in [-0.2, -0.15) is 5.26 Å². The maximum atomic E-state index is 12.3. The van der Waals surface area contributed by atoms with Gasteiger partial charge < -0.3 is 4.42 Å². The van der Waals surface area contributed by atoms with Crippen LogP contribution in [0, 0.1) is 18.3 Å². The number of hydrogen-bond acceptors (Lipinski definition) is 4. The van der Waals surface area contributed by atoms with Gasteiger partial charge in [0.05, 0.1) is 28.8 Å².